The molecule has 0 spiro atoms. The maximum absolute atomic E-state index is 10.0. The predicted octanol–water partition coefficient (Wildman–Crippen LogP) is 1.04. The van der Waals surface area contributed by atoms with Crippen LogP contribution in [0.15, 0.2) is 5.16 Å². The number of nitrogens with zero attached hydrogens (tertiary/aromatic N) is 1. The first-order valence-corrected chi connectivity index (χ1v) is 5.60. The molecule has 0 fully saturated rings. The number of aliphatic hydroxyl groups is 1. The molecule has 1 atom stereocenters. The zero-order chi connectivity index (χ0) is 13.0. The third kappa shape index (κ3) is 4.37. The Morgan fingerprint density at radius 3 is 2.19 bits per heavy atom. The Bertz CT molecular complexity index is 244. The molecule has 5 N–H and O–H groups in total. The summed E-state index contributed by atoms with van der Waals surface area (Å²) in [5.74, 6) is 0.200. The van der Waals surface area contributed by atoms with Crippen LogP contribution in [0.3, 0.4) is 0 Å². The largest absolute Gasteiger partial charge is 0.409 e. The van der Waals surface area contributed by atoms with Crippen molar-refractivity contribution in [3.8, 4) is 0 Å². The summed E-state index contributed by atoms with van der Waals surface area (Å²) >= 11 is 0. The fourth-order valence-corrected chi connectivity index (χ4v) is 1.28. The number of nitrogens with one attached hydrogen (secondary N) is 1. The minimum Gasteiger partial charge on any atom is -0.409 e. The first-order valence-electron chi connectivity index (χ1n) is 5.60. The van der Waals surface area contributed by atoms with E-state index in [1.807, 2.05) is 20.8 Å². The molecule has 5 nitrogen and oxygen atoms in total. The molecule has 0 bridgehead atoms. The summed E-state index contributed by atoms with van der Waals surface area (Å²) in [4.78, 5) is 0. The summed E-state index contributed by atoms with van der Waals surface area (Å²) in [6, 6.07) is 0.0809. The molecular formula is C11H25N3O2. The summed E-state index contributed by atoms with van der Waals surface area (Å²) < 4.78 is 0. The molecule has 0 aromatic carbocycles. The quantitative estimate of drug-likeness (QED) is 0.238. The van der Waals surface area contributed by atoms with E-state index in [1.54, 1.807) is 13.8 Å². The fourth-order valence-electron chi connectivity index (χ4n) is 1.28. The van der Waals surface area contributed by atoms with Crippen molar-refractivity contribution in [2.24, 2.45) is 10.9 Å². The topological polar surface area (TPSA) is 90.9 Å². The second-order valence-corrected chi connectivity index (χ2v) is 5.23. The molecule has 0 saturated carbocycles. The van der Waals surface area contributed by atoms with Gasteiger partial charge in [0.25, 0.3) is 0 Å². The van der Waals surface area contributed by atoms with E-state index in [9.17, 15) is 5.11 Å². The van der Waals surface area contributed by atoms with Crippen molar-refractivity contribution in [3.63, 3.8) is 0 Å². The summed E-state index contributed by atoms with van der Waals surface area (Å²) in [5.41, 5.74) is 4.19. The van der Waals surface area contributed by atoms with E-state index in [2.05, 4.69) is 10.5 Å². The van der Waals surface area contributed by atoms with Crippen molar-refractivity contribution in [2.75, 3.05) is 0 Å². The van der Waals surface area contributed by atoms with E-state index in [1.165, 1.54) is 0 Å². The van der Waals surface area contributed by atoms with Gasteiger partial charge in [-0.15, -0.1) is 0 Å². The molecule has 0 aliphatic carbocycles. The number of hydrogen-bond acceptors (Lipinski definition) is 4. The van der Waals surface area contributed by atoms with Crippen LogP contribution >= 0.6 is 0 Å². The Hall–Kier alpha value is -0.810. The highest BCUT2D eigenvalue weighted by molar-refractivity contribution is 5.80. The highest BCUT2D eigenvalue weighted by Gasteiger charge is 2.36. The van der Waals surface area contributed by atoms with Gasteiger partial charge in [0.05, 0.1) is 5.60 Å². The molecule has 0 aromatic rings. The van der Waals surface area contributed by atoms with Crippen molar-refractivity contribution in [2.45, 2.75) is 64.6 Å². The maximum Gasteiger partial charge on any atom is 0.140 e. The van der Waals surface area contributed by atoms with Crippen molar-refractivity contribution in [1.29, 1.82) is 0 Å². The minimum absolute atomic E-state index is 0.0809. The van der Waals surface area contributed by atoms with E-state index >= 15 is 0 Å². The van der Waals surface area contributed by atoms with E-state index in [0.29, 0.717) is 6.42 Å². The van der Waals surface area contributed by atoms with Gasteiger partial charge in [-0.05, 0) is 34.1 Å². The molecule has 0 aromatic heterocycles. The summed E-state index contributed by atoms with van der Waals surface area (Å²) in [6.45, 7) is 9.40. The van der Waals surface area contributed by atoms with Gasteiger partial charge in [-0.25, -0.2) is 0 Å². The molecule has 0 aliphatic heterocycles. The molecule has 5 heteroatoms. The Balaban J connectivity index is 4.55. The lowest BCUT2D eigenvalue weighted by Gasteiger charge is -2.41. The Morgan fingerprint density at radius 1 is 1.38 bits per heavy atom. The molecular weight excluding hydrogens is 206 g/mol. The van der Waals surface area contributed by atoms with Gasteiger partial charge in [-0.2, -0.15) is 0 Å². The number of amidine groups is 1. The molecule has 0 rings (SSSR count). The summed E-state index contributed by atoms with van der Waals surface area (Å²) in [6.07, 6.45) is 1.31. The minimum atomic E-state index is -0.842. The lowest BCUT2D eigenvalue weighted by atomic mass is 9.84. The van der Waals surface area contributed by atoms with Crippen LogP contribution in [0.4, 0.5) is 0 Å². The predicted molar refractivity (Wildman–Crippen MR) is 65.6 cm³/mol. The Labute approximate surface area is 97.7 Å². The average molecular weight is 231 g/mol. The van der Waals surface area contributed by atoms with Crippen LogP contribution in [0, 0.1) is 0 Å². The van der Waals surface area contributed by atoms with Crippen molar-refractivity contribution in [3.05, 3.63) is 0 Å². The second-order valence-electron chi connectivity index (χ2n) is 5.23. The van der Waals surface area contributed by atoms with Crippen LogP contribution in [0.1, 0.15) is 47.5 Å². The highest BCUT2D eigenvalue weighted by atomic mass is 16.4. The van der Waals surface area contributed by atoms with Gasteiger partial charge in [-0.3, -0.25) is 0 Å². The SMILES string of the molecule is CCC(CC(N)=NO)NC(C)(C)C(C)(C)O. The third-order valence-corrected chi connectivity index (χ3v) is 3.17. The fraction of sp³-hybridized carbons (Fsp3) is 0.909. The van der Waals surface area contributed by atoms with Crippen LogP contribution in [0.5, 0.6) is 0 Å². The highest BCUT2D eigenvalue weighted by Crippen LogP contribution is 2.22. The number of hydrogen-bond donors (Lipinski definition) is 4. The summed E-state index contributed by atoms with van der Waals surface area (Å²) in [7, 11) is 0. The zero-order valence-corrected chi connectivity index (χ0v) is 10.9. The van der Waals surface area contributed by atoms with Crippen molar-refractivity contribution >= 4 is 5.84 Å². The van der Waals surface area contributed by atoms with Gasteiger partial charge < -0.3 is 21.4 Å². The molecule has 16 heavy (non-hydrogen) atoms. The second kappa shape index (κ2) is 5.50. The molecule has 0 radical (unpaired) electrons. The molecule has 96 valence electrons. The van der Waals surface area contributed by atoms with Crippen LogP contribution in [0.25, 0.3) is 0 Å². The molecule has 1 unspecified atom stereocenters. The smallest absolute Gasteiger partial charge is 0.140 e. The van der Waals surface area contributed by atoms with Gasteiger partial charge in [-0.1, -0.05) is 12.1 Å². The monoisotopic (exact) mass is 231 g/mol. The maximum atomic E-state index is 10.0. The first kappa shape index (κ1) is 15.2. The van der Waals surface area contributed by atoms with Gasteiger partial charge in [0.15, 0.2) is 0 Å². The number of nitrogens with two attached hydrogens (primary N) is 1. The molecule has 0 heterocycles. The average Bonchev–Trinajstić information content (AvgIpc) is 2.14. The molecule has 0 saturated heterocycles. The lowest BCUT2D eigenvalue weighted by Crippen LogP contribution is -2.59. The Morgan fingerprint density at radius 2 is 1.88 bits per heavy atom. The molecule has 0 amide bonds. The first-order chi connectivity index (χ1) is 7.14. The standard InChI is InChI=1S/C11H25N3O2/c1-6-8(7-9(12)14-16)13-10(2,3)11(4,5)15/h8,13,15-16H,6-7H2,1-5H3,(H2,12,14). The van der Waals surface area contributed by atoms with Crippen molar-refractivity contribution in [1.82, 2.24) is 5.32 Å². The van der Waals surface area contributed by atoms with Gasteiger partial charge in [0.2, 0.25) is 0 Å². The van der Waals surface area contributed by atoms with Crippen LogP contribution in [-0.4, -0.2) is 33.3 Å². The van der Waals surface area contributed by atoms with Crippen LogP contribution in [0.2, 0.25) is 0 Å². The van der Waals surface area contributed by atoms with Gasteiger partial charge in [0.1, 0.15) is 5.84 Å². The van der Waals surface area contributed by atoms with E-state index in [-0.39, 0.29) is 11.9 Å². The van der Waals surface area contributed by atoms with Crippen molar-refractivity contribution < 1.29 is 10.3 Å². The number of rotatable bonds is 6. The van der Waals surface area contributed by atoms with Gasteiger partial charge >= 0.3 is 0 Å². The zero-order valence-electron chi connectivity index (χ0n) is 10.9. The number of oxime groups is 1. The van der Waals surface area contributed by atoms with Crippen LogP contribution in [-0.2, 0) is 0 Å². The van der Waals surface area contributed by atoms with E-state index in [0.717, 1.165) is 6.42 Å². The Kier molecular flexibility index (Phi) is 5.22. The lowest BCUT2D eigenvalue weighted by molar-refractivity contribution is -0.00990. The van der Waals surface area contributed by atoms with Crippen LogP contribution < -0.4 is 11.1 Å². The third-order valence-electron chi connectivity index (χ3n) is 3.17. The summed E-state index contributed by atoms with van der Waals surface area (Å²) in [5, 5.41) is 24.8. The van der Waals surface area contributed by atoms with E-state index in [4.69, 9.17) is 10.9 Å². The van der Waals surface area contributed by atoms with E-state index < -0.39 is 11.1 Å². The molecule has 0 aliphatic rings. The normalized spacial score (nSPS) is 16.2. The van der Waals surface area contributed by atoms with Gasteiger partial charge in [0, 0.05) is 18.0 Å².